The van der Waals surface area contributed by atoms with Crippen molar-refractivity contribution in [3.05, 3.63) is 143 Å². The predicted octanol–water partition coefficient (Wildman–Crippen LogP) is 7.92. The van der Waals surface area contributed by atoms with E-state index >= 15 is 0 Å². The SMILES string of the molecule is COC(=O)C(C)Oc1c(C=O)cccc1OC.COC(=O)C1(C)Oc2c(OC)cccc2C1=O.COC(=O)C1(C)Oc2c(OC)cccc2C1O.COC(=O)c1cccc(OC)c1O.COC(=O)c1cccc(OC)c1OC(C)C(=O)OC.COc1cccc(C(C)=O)c1O. The summed E-state index contributed by atoms with van der Waals surface area (Å²) in [6, 6.07) is 29.1. The Balaban J connectivity index is 0.000000299. The van der Waals surface area contributed by atoms with E-state index in [-0.39, 0.29) is 57.0 Å². The van der Waals surface area contributed by atoms with Crippen LogP contribution in [-0.2, 0) is 47.6 Å². The van der Waals surface area contributed by atoms with Gasteiger partial charge in [0.15, 0.2) is 93.3 Å². The standard InChI is InChI=1S/C13H16O6.C12H14O5.C12H12O5.C12H14O5.C9H10O4.C9H10O3/c1-8(12(14)17-3)19-11-9(13(15)18-4)6-5-7-10(11)16-2;2*1-12(11(14)16-3)10(13)7-5-4-6-8(15-2)9(7)17-12;1-8(12(14)16-3)17-11-9(7-13)5-4-6-10(11)15-2;1-12-7-5-3-4-6(8(7)10)9(11)13-2;1-6(10)7-4-3-5-8(12-2)9(7)11/h5-8H,1-4H3;4-6,10,13H,1-3H3;4-6H,1-3H3;4-8H,1-3H3;3-5,10H,1-2H3;3-5,11H,1-2H3. The molecule has 28 nitrogen and oxygen atoms in total. The van der Waals surface area contributed by atoms with Gasteiger partial charge in [-0.3, -0.25) is 14.4 Å². The molecular weight excluding hydrogens is 1250 g/mol. The summed E-state index contributed by atoms with van der Waals surface area (Å²) >= 11 is 0. The third-order valence-corrected chi connectivity index (χ3v) is 13.5. The van der Waals surface area contributed by atoms with E-state index in [2.05, 4.69) is 28.4 Å². The van der Waals surface area contributed by atoms with E-state index in [4.69, 9.17) is 47.4 Å². The molecule has 95 heavy (non-hydrogen) atoms. The van der Waals surface area contributed by atoms with E-state index in [9.17, 15) is 58.5 Å². The molecule has 2 aliphatic heterocycles. The number of esters is 6. The molecule has 2 heterocycles. The van der Waals surface area contributed by atoms with Gasteiger partial charge in [0.05, 0.1) is 102 Å². The fraction of sp³-hybridized carbons (Fsp3) is 0.328. The predicted molar refractivity (Wildman–Crippen MR) is 335 cm³/mol. The van der Waals surface area contributed by atoms with Crippen molar-refractivity contribution in [2.75, 3.05) is 85.3 Å². The number of benzene rings is 6. The van der Waals surface area contributed by atoms with Crippen molar-refractivity contribution in [2.24, 2.45) is 0 Å². The zero-order valence-electron chi connectivity index (χ0n) is 55.2. The molecule has 0 saturated carbocycles. The average Bonchev–Trinajstić information content (AvgIpc) is 1.61. The number of hydrogen-bond donors (Lipinski definition) is 3. The van der Waals surface area contributed by atoms with Crippen molar-refractivity contribution in [3.63, 3.8) is 0 Å². The monoisotopic (exact) mass is 1330 g/mol. The van der Waals surface area contributed by atoms with Crippen molar-refractivity contribution >= 4 is 53.7 Å². The number of fused-ring (bicyclic) bond motifs is 2. The van der Waals surface area contributed by atoms with Gasteiger partial charge in [-0.05, 0) is 101 Å². The molecule has 512 valence electrons. The summed E-state index contributed by atoms with van der Waals surface area (Å²) in [5.74, 6) is -1.21. The molecule has 5 unspecified atom stereocenters. The van der Waals surface area contributed by atoms with Gasteiger partial charge in [0, 0.05) is 5.56 Å². The Bertz CT molecular complexity index is 3660. The molecule has 6 aromatic carbocycles. The summed E-state index contributed by atoms with van der Waals surface area (Å²) in [7, 11) is 16.2. The Labute approximate surface area is 547 Å². The van der Waals surface area contributed by atoms with Crippen LogP contribution in [0.5, 0.6) is 69.0 Å². The Kier molecular flexibility index (Phi) is 30.1. The van der Waals surface area contributed by atoms with Crippen LogP contribution < -0.4 is 47.4 Å². The first-order chi connectivity index (χ1) is 45.1. The Hall–Kier alpha value is -11.3. The van der Waals surface area contributed by atoms with Crippen LogP contribution in [0.2, 0.25) is 0 Å². The molecule has 0 amide bonds. The molecule has 3 N–H and O–H groups in total. The molecule has 0 fully saturated rings. The lowest BCUT2D eigenvalue weighted by Gasteiger charge is -2.24. The van der Waals surface area contributed by atoms with Crippen molar-refractivity contribution in [3.8, 4) is 69.0 Å². The van der Waals surface area contributed by atoms with Crippen molar-refractivity contribution in [1.29, 1.82) is 0 Å². The first-order valence-corrected chi connectivity index (χ1v) is 27.9. The summed E-state index contributed by atoms with van der Waals surface area (Å²) in [5, 5.41) is 29.0. The van der Waals surface area contributed by atoms with E-state index in [1.807, 2.05) is 0 Å². The van der Waals surface area contributed by atoms with Crippen LogP contribution >= 0.6 is 0 Å². The highest BCUT2D eigenvalue weighted by Gasteiger charge is 2.53. The van der Waals surface area contributed by atoms with Gasteiger partial charge in [0.25, 0.3) is 5.60 Å². The van der Waals surface area contributed by atoms with Gasteiger partial charge in [-0.2, -0.15) is 0 Å². The number of ketones is 2. The second kappa shape index (κ2) is 36.7. The Morgan fingerprint density at radius 1 is 0.474 bits per heavy atom. The number of carbonyl (C=O) groups excluding carboxylic acids is 9. The third kappa shape index (κ3) is 18.9. The number of aldehydes is 1. The lowest BCUT2D eigenvalue weighted by atomic mass is 9.96. The fourth-order valence-electron chi connectivity index (χ4n) is 8.43. The molecular formula is C67H76O28. The number of Topliss-reactive ketones (excluding diaryl/α,β-unsaturated/α-hetero) is 2. The summed E-state index contributed by atoms with van der Waals surface area (Å²) in [4.78, 5) is 102. The molecule has 0 spiro atoms. The van der Waals surface area contributed by atoms with E-state index in [1.54, 1.807) is 97.1 Å². The van der Waals surface area contributed by atoms with E-state index < -0.39 is 71.1 Å². The number of ether oxygens (including phenoxy) is 16. The van der Waals surface area contributed by atoms with Gasteiger partial charge in [0.1, 0.15) is 17.2 Å². The van der Waals surface area contributed by atoms with E-state index in [1.165, 1.54) is 132 Å². The number of phenols is 2. The third-order valence-electron chi connectivity index (χ3n) is 13.5. The van der Waals surface area contributed by atoms with Crippen LogP contribution in [0, 0.1) is 0 Å². The second-order valence-electron chi connectivity index (χ2n) is 19.4. The maximum absolute atomic E-state index is 12.1. The van der Waals surface area contributed by atoms with Gasteiger partial charge in [0.2, 0.25) is 11.4 Å². The topological polar surface area (TPSA) is 362 Å². The number of aliphatic hydroxyl groups is 1. The lowest BCUT2D eigenvalue weighted by Crippen LogP contribution is -2.45. The number of aliphatic hydroxyl groups excluding tert-OH is 1. The molecule has 0 bridgehead atoms. The highest BCUT2D eigenvalue weighted by atomic mass is 16.6. The molecule has 0 radical (unpaired) electrons. The number of carbonyl (C=O) groups is 9. The number of methoxy groups -OCH3 is 12. The van der Waals surface area contributed by atoms with Gasteiger partial charge in [-0.1, -0.05) is 42.5 Å². The summed E-state index contributed by atoms with van der Waals surface area (Å²) in [5.41, 5.74) is -1.30. The number of phenolic OH excluding ortho intramolecular Hbond substituents is 2. The van der Waals surface area contributed by atoms with Crippen LogP contribution in [0.25, 0.3) is 0 Å². The van der Waals surface area contributed by atoms with Gasteiger partial charge < -0.3 is 91.1 Å². The van der Waals surface area contributed by atoms with Crippen LogP contribution in [-0.4, -0.2) is 178 Å². The van der Waals surface area contributed by atoms with Crippen LogP contribution in [0.4, 0.5) is 0 Å². The van der Waals surface area contributed by atoms with E-state index in [0.717, 1.165) is 0 Å². The van der Waals surface area contributed by atoms with E-state index in [0.29, 0.717) is 57.5 Å². The number of rotatable bonds is 18. The fourth-order valence-corrected chi connectivity index (χ4v) is 8.43. The summed E-state index contributed by atoms with van der Waals surface area (Å²) in [6.45, 7) is 7.32. The van der Waals surface area contributed by atoms with Crippen molar-refractivity contribution < 1.29 is 134 Å². The molecule has 0 aliphatic carbocycles. The molecule has 8 rings (SSSR count). The number of para-hydroxylation sites is 6. The first-order valence-electron chi connectivity index (χ1n) is 27.9. The molecule has 5 atom stereocenters. The zero-order chi connectivity index (χ0) is 71.5. The van der Waals surface area contributed by atoms with Crippen LogP contribution in [0.1, 0.15) is 98.1 Å². The normalized spacial score (nSPS) is 15.3. The minimum atomic E-state index is -1.62. The quantitative estimate of drug-likeness (QED) is 0.0242. The summed E-state index contributed by atoms with van der Waals surface area (Å²) < 4.78 is 79.3. The maximum Gasteiger partial charge on any atom is 0.358 e. The Morgan fingerprint density at radius 2 is 0.874 bits per heavy atom. The second-order valence-corrected chi connectivity index (χ2v) is 19.4. The number of hydrogen-bond acceptors (Lipinski definition) is 28. The minimum Gasteiger partial charge on any atom is -0.504 e. The van der Waals surface area contributed by atoms with Crippen molar-refractivity contribution in [1.82, 2.24) is 0 Å². The highest BCUT2D eigenvalue weighted by Crippen LogP contribution is 2.48. The molecule has 6 aromatic rings. The smallest absolute Gasteiger partial charge is 0.358 e. The molecule has 0 aromatic heterocycles. The van der Waals surface area contributed by atoms with Gasteiger partial charge in [-0.25, -0.2) is 28.8 Å². The zero-order valence-corrected chi connectivity index (χ0v) is 55.2. The maximum atomic E-state index is 12.1. The highest BCUT2D eigenvalue weighted by molar-refractivity contribution is 6.19. The molecule has 0 saturated heterocycles. The average molecular weight is 1330 g/mol. The minimum absolute atomic E-state index is 0.0903. The lowest BCUT2D eigenvalue weighted by molar-refractivity contribution is -0.164. The van der Waals surface area contributed by atoms with Gasteiger partial charge >= 0.3 is 35.8 Å². The van der Waals surface area contributed by atoms with Crippen molar-refractivity contribution in [2.45, 2.75) is 64.1 Å². The number of aromatic hydroxyl groups is 2. The largest absolute Gasteiger partial charge is 0.504 e. The van der Waals surface area contributed by atoms with Crippen LogP contribution in [0.3, 0.4) is 0 Å². The Morgan fingerprint density at radius 3 is 1.34 bits per heavy atom. The van der Waals surface area contributed by atoms with Crippen LogP contribution in [0.15, 0.2) is 109 Å². The first kappa shape index (κ1) is 78.0. The van der Waals surface area contributed by atoms with Gasteiger partial charge in [-0.15, -0.1) is 0 Å². The molecule has 2 aliphatic rings. The molecule has 28 heteroatoms. The summed E-state index contributed by atoms with van der Waals surface area (Å²) in [6.07, 6.45) is -2.11.